The van der Waals surface area contributed by atoms with E-state index in [1.807, 2.05) is 26.0 Å². The standard InChI is InChI=1S/C16H25N3O3S/c1-4-21-14-11-13(19-6-8-20-9-7-19)15(22-5-2)10-12(14)18-16(23)17-3/h10-11H,4-9H2,1-3H3,(H2,17,18,23). The summed E-state index contributed by atoms with van der Waals surface area (Å²) in [6.45, 7) is 8.24. The first kappa shape index (κ1) is 17.6. The Balaban J connectivity index is 2.38. The quantitative estimate of drug-likeness (QED) is 0.771. The van der Waals surface area contributed by atoms with Gasteiger partial charge in [0.2, 0.25) is 0 Å². The van der Waals surface area contributed by atoms with Crippen LogP contribution in [0.15, 0.2) is 12.1 Å². The van der Waals surface area contributed by atoms with E-state index >= 15 is 0 Å². The Morgan fingerprint density at radius 3 is 2.43 bits per heavy atom. The van der Waals surface area contributed by atoms with Gasteiger partial charge in [-0.25, -0.2) is 0 Å². The van der Waals surface area contributed by atoms with E-state index in [9.17, 15) is 0 Å². The first-order valence-corrected chi connectivity index (χ1v) is 8.35. The van der Waals surface area contributed by atoms with Gasteiger partial charge in [-0.05, 0) is 26.1 Å². The summed E-state index contributed by atoms with van der Waals surface area (Å²) in [4.78, 5) is 2.26. The molecule has 6 nitrogen and oxygen atoms in total. The maximum absolute atomic E-state index is 5.84. The summed E-state index contributed by atoms with van der Waals surface area (Å²) in [5, 5.41) is 6.59. The molecule has 1 aliphatic heterocycles. The molecule has 1 heterocycles. The van der Waals surface area contributed by atoms with Crippen LogP contribution in [0, 0.1) is 0 Å². The van der Waals surface area contributed by atoms with Crippen molar-refractivity contribution in [2.75, 3.05) is 56.8 Å². The van der Waals surface area contributed by atoms with Crippen molar-refractivity contribution in [1.82, 2.24) is 5.32 Å². The number of hydrogen-bond acceptors (Lipinski definition) is 5. The van der Waals surface area contributed by atoms with E-state index in [-0.39, 0.29) is 0 Å². The maximum Gasteiger partial charge on any atom is 0.170 e. The van der Waals surface area contributed by atoms with Crippen LogP contribution >= 0.6 is 12.2 Å². The molecule has 0 atom stereocenters. The van der Waals surface area contributed by atoms with Gasteiger partial charge in [0.05, 0.1) is 37.8 Å². The Morgan fingerprint density at radius 2 is 1.83 bits per heavy atom. The average Bonchev–Trinajstić information content (AvgIpc) is 2.58. The molecular formula is C16H25N3O3S. The molecule has 2 rings (SSSR count). The topological polar surface area (TPSA) is 55.0 Å². The van der Waals surface area contributed by atoms with E-state index in [0.29, 0.717) is 18.3 Å². The van der Waals surface area contributed by atoms with Crippen LogP contribution in [0.25, 0.3) is 0 Å². The molecule has 0 unspecified atom stereocenters. The lowest BCUT2D eigenvalue weighted by Crippen LogP contribution is -2.36. The van der Waals surface area contributed by atoms with E-state index in [0.717, 1.165) is 49.2 Å². The van der Waals surface area contributed by atoms with Gasteiger partial charge in [0.25, 0.3) is 0 Å². The number of morpholine rings is 1. The third-order valence-corrected chi connectivity index (χ3v) is 3.79. The van der Waals surface area contributed by atoms with Crippen molar-refractivity contribution in [2.45, 2.75) is 13.8 Å². The number of anilines is 2. The Hall–Kier alpha value is -1.73. The van der Waals surface area contributed by atoms with E-state index in [4.69, 9.17) is 26.4 Å². The third-order valence-electron chi connectivity index (χ3n) is 3.49. The van der Waals surface area contributed by atoms with Gasteiger partial charge >= 0.3 is 0 Å². The lowest BCUT2D eigenvalue weighted by Gasteiger charge is -2.31. The van der Waals surface area contributed by atoms with Gasteiger partial charge in [0, 0.05) is 32.3 Å². The minimum atomic E-state index is 0.535. The lowest BCUT2D eigenvalue weighted by molar-refractivity contribution is 0.122. The maximum atomic E-state index is 5.84. The zero-order chi connectivity index (χ0) is 16.7. The molecule has 23 heavy (non-hydrogen) atoms. The Labute approximate surface area is 143 Å². The largest absolute Gasteiger partial charge is 0.492 e. The van der Waals surface area contributed by atoms with Crippen LogP contribution in [-0.2, 0) is 4.74 Å². The summed E-state index contributed by atoms with van der Waals surface area (Å²) >= 11 is 5.20. The second-order valence-electron chi connectivity index (χ2n) is 4.99. The van der Waals surface area contributed by atoms with Crippen molar-refractivity contribution < 1.29 is 14.2 Å². The summed E-state index contributed by atoms with van der Waals surface area (Å²) in [5.41, 5.74) is 1.83. The van der Waals surface area contributed by atoms with Crippen molar-refractivity contribution in [2.24, 2.45) is 0 Å². The first-order chi connectivity index (χ1) is 11.2. The number of thiocarbonyl (C=S) groups is 1. The van der Waals surface area contributed by atoms with Gasteiger partial charge in [-0.15, -0.1) is 0 Å². The molecule has 1 aromatic rings. The predicted octanol–water partition coefficient (Wildman–Crippen LogP) is 2.24. The van der Waals surface area contributed by atoms with Crippen LogP contribution in [0.2, 0.25) is 0 Å². The molecule has 2 N–H and O–H groups in total. The number of ether oxygens (including phenoxy) is 3. The van der Waals surface area contributed by atoms with E-state index in [2.05, 4.69) is 15.5 Å². The molecule has 0 radical (unpaired) electrons. The molecule has 0 bridgehead atoms. The fourth-order valence-corrected chi connectivity index (χ4v) is 2.54. The van der Waals surface area contributed by atoms with E-state index in [1.165, 1.54) is 0 Å². The van der Waals surface area contributed by atoms with Crippen LogP contribution in [0.5, 0.6) is 11.5 Å². The van der Waals surface area contributed by atoms with Crippen molar-refractivity contribution in [3.63, 3.8) is 0 Å². The van der Waals surface area contributed by atoms with Gasteiger partial charge in [-0.1, -0.05) is 0 Å². The molecule has 7 heteroatoms. The smallest absolute Gasteiger partial charge is 0.170 e. The summed E-state index contributed by atoms with van der Waals surface area (Å²) in [7, 11) is 1.78. The summed E-state index contributed by atoms with van der Waals surface area (Å²) in [6, 6.07) is 3.96. The lowest BCUT2D eigenvalue weighted by atomic mass is 10.2. The van der Waals surface area contributed by atoms with Gasteiger partial charge in [0.15, 0.2) is 5.11 Å². The second kappa shape index (κ2) is 8.79. The third kappa shape index (κ3) is 4.62. The molecule has 1 saturated heterocycles. The SMILES string of the molecule is CCOc1cc(N2CCOCC2)c(OCC)cc1NC(=S)NC. The molecule has 1 aromatic carbocycles. The van der Waals surface area contributed by atoms with Gasteiger partial charge in [-0.3, -0.25) is 0 Å². The molecule has 128 valence electrons. The molecular weight excluding hydrogens is 314 g/mol. The van der Waals surface area contributed by atoms with Gasteiger partial charge in [-0.2, -0.15) is 0 Å². The van der Waals surface area contributed by atoms with E-state index < -0.39 is 0 Å². The number of nitrogens with zero attached hydrogens (tertiary/aromatic N) is 1. The molecule has 0 aromatic heterocycles. The summed E-state index contributed by atoms with van der Waals surface area (Å²) < 4.78 is 17.1. The van der Waals surface area contributed by atoms with E-state index in [1.54, 1.807) is 7.05 Å². The fourth-order valence-electron chi connectivity index (χ4n) is 2.43. The highest BCUT2D eigenvalue weighted by Crippen LogP contribution is 2.39. The Bertz CT molecular complexity index is 534. The minimum Gasteiger partial charge on any atom is -0.492 e. The van der Waals surface area contributed by atoms with Crippen molar-refractivity contribution in [3.05, 3.63) is 12.1 Å². The van der Waals surface area contributed by atoms with Crippen LogP contribution in [-0.4, -0.2) is 51.7 Å². The monoisotopic (exact) mass is 339 g/mol. The van der Waals surface area contributed by atoms with Crippen molar-refractivity contribution in [1.29, 1.82) is 0 Å². The van der Waals surface area contributed by atoms with Crippen LogP contribution < -0.4 is 25.0 Å². The number of rotatable bonds is 6. The zero-order valence-corrected chi connectivity index (χ0v) is 14.8. The van der Waals surface area contributed by atoms with Gasteiger partial charge < -0.3 is 29.7 Å². The summed E-state index contributed by atoms with van der Waals surface area (Å²) in [5.74, 6) is 1.58. The van der Waals surface area contributed by atoms with Crippen LogP contribution in [0.3, 0.4) is 0 Å². The normalized spacial score (nSPS) is 14.3. The minimum absolute atomic E-state index is 0.535. The molecule has 0 saturated carbocycles. The highest BCUT2D eigenvalue weighted by atomic mass is 32.1. The van der Waals surface area contributed by atoms with Crippen LogP contribution in [0.4, 0.5) is 11.4 Å². The Morgan fingerprint density at radius 1 is 1.17 bits per heavy atom. The molecule has 0 amide bonds. The number of benzene rings is 1. The Kier molecular flexibility index (Phi) is 6.73. The highest BCUT2D eigenvalue weighted by Gasteiger charge is 2.19. The fraction of sp³-hybridized carbons (Fsp3) is 0.562. The van der Waals surface area contributed by atoms with Gasteiger partial charge in [0.1, 0.15) is 11.5 Å². The molecule has 1 fully saturated rings. The summed E-state index contributed by atoms with van der Waals surface area (Å²) in [6.07, 6.45) is 0. The van der Waals surface area contributed by atoms with Crippen molar-refractivity contribution in [3.8, 4) is 11.5 Å². The molecule has 1 aliphatic rings. The van der Waals surface area contributed by atoms with Crippen LogP contribution in [0.1, 0.15) is 13.8 Å². The number of hydrogen-bond donors (Lipinski definition) is 2. The van der Waals surface area contributed by atoms with Crippen molar-refractivity contribution >= 4 is 28.7 Å². The highest BCUT2D eigenvalue weighted by molar-refractivity contribution is 7.80. The predicted molar refractivity (Wildman–Crippen MR) is 97.1 cm³/mol. The zero-order valence-electron chi connectivity index (χ0n) is 14.0. The number of nitrogens with one attached hydrogen (secondary N) is 2. The second-order valence-corrected chi connectivity index (χ2v) is 5.39. The molecule has 0 aliphatic carbocycles. The first-order valence-electron chi connectivity index (χ1n) is 7.94. The average molecular weight is 339 g/mol. The molecule has 0 spiro atoms.